The Kier molecular flexibility index (Phi) is 4.46. The standard InChI is InChI=1S/C22H17N3O2/c1-26-21-12-15(22-24-18-8-4-5-9-19(18)25-22)10-11-20(21)27-14-17-7-3-2-6-16(17)13-23/h2-12H,14H2,1H3,(H,24,25). The number of nitrogens with one attached hydrogen (secondary N) is 1. The summed E-state index contributed by atoms with van der Waals surface area (Å²) in [4.78, 5) is 7.93. The first kappa shape index (κ1) is 16.7. The second kappa shape index (κ2) is 7.22. The molecule has 5 heteroatoms. The van der Waals surface area contributed by atoms with E-state index in [1.165, 1.54) is 0 Å². The number of imidazole rings is 1. The summed E-state index contributed by atoms with van der Waals surface area (Å²) in [5, 5.41) is 9.20. The van der Waals surface area contributed by atoms with Crippen molar-refractivity contribution in [1.82, 2.24) is 9.97 Å². The molecular formula is C22H17N3O2. The lowest BCUT2D eigenvalue weighted by atomic mass is 10.1. The third kappa shape index (κ3) is 3.33. The fourth-order valence-corrected chi connectivity index (χ4v) is 2.93. The van der Waals surface area contributed by atoms with Gasteiger partial charge in [0.15, 0.2) is 11.5 Å². The van der Waals surface area contributed by atoms with Crippen LogP contribution in [0.25, 0.3) is 22.4 Å². The second-order valence-corrected chi connectivity index (χ2v) is 6.03. The van der Waals surface area contributed by atoms with Crippen molar-refractivity contribution in [1.29, 1.82) is 5.26 Å². The van der Waals surface area contributed by atoms with Gasteiger partial charge in [-0.15, -0.1) is 0 Å². The number of hydrogen-bond acceptors (Lipinski definition) is 4. The minimum atomic E-state index is 0.296. The van der Waals surface area contributed by atoms with E-state index in [1.807, 2.05) is 60.7 Å². The Morgan fingerprint density at radius 1 is 1.00 bits per heavy atom. The molecule has 3 aromatic carbocycles. The van der Waals surface area contributed by atoms with Crippen molar-refractivity contribution in [3.05, 3.63) is 77.9 Å². The summed E-state index contributed by atoms with van der Waals surface area (Å²) in [5.41, 5.74) is 4.26. The highest BCUT2D eigenvalue weighted by Crippen LogP contribution is 2.33. The molecule has 1 aromatic heterocycles. The molecule has 0 bridgehead atoms. The Bertz CT molecular complexity index is 1110. The highest BCUT2D eigenvalue weighted by Gasteiger charge is 2.11. The molecule has 0 spiro atoms. The monoisotopic (exact) mass is 355 g/mol. The van der Waals surface area contributed by atoms with E-state index < -0.39 is 0 Å². The van der Waals surface area contributed by atoms with Gasteiger partial charge in [-0.1, -0.05) is 30.3 Å². The van der Waals surface area contributed by atoms with Gasteiger partial charge in [0.25, 0.3) is 0 Å². The van der Waals surface area contributed by atoms with Crippen molar-refractivity contribution in [2.24, 2.45) is 0 Å². The van der Waals surface area contributed by atoms with Crippen LogP contribution < -0.4 is 9.47 Å². The molecule has 1 heterocycles. The van der Waals surface area contributed by atoms with E-state index in [-0.39, 0.29) is 0 Å². The van der Waals surface area contributed by atoms with Gasteiger partial charge in [-0.25, -0.2) is 4.98 Å². The zero-order valence-electron chi connectivity index (χ0n) is 14.8. The van der Waals surface area contributed by atoms with E-state index in [0.29, 0.717) is 23.7 Å². The normalized spacial score (nSPS) is 10.5. The van der Waals surface area contributed by atoms with Crippen LogP contribution in [0.2, 0.25) is 0 Å². The number of ether oxygens (including phenoxy) is 2. The highest BCUT2D eigenvalue weighted by atomic mass is 16.5. The average Bonchev–Trinajstić information content (AvgIpc) is 3.16. The van der Waals surface area contributed by atoms with Crippen LogP contribution in [0.3, 0.4) is 0 Å². The summed E-state index contributed by atoms with van der Waals surface area (Å²) in [6.07, 6.45) is 0. The Morgan fingerprint density at radius 2 is 1.81 bits per heavy atom. The first-order chi connectivity index (χ1) is 13.3. The molecule has 0 saturated heterocycles. The largest absolute Gasteiger partial charge is 0.493 e. The van der Waals surface area contributed by atoms with Gasteiger partial charge in [0.05, 0.1) is 29.8 Å². The number of nitriles is 1. The molecular weight excluding hydrogens is 338 g/mol. The zero-order valence-corrected chi connectivity index (χ0v) is 14.8. The van der Waals surface area contributed by atoms with E-state index in [2.05, 4.69) is 16.0 Å². The molecule has 27 heavy (non-hydrogen) atoms. The predicted octanol–water partition coefficient (Wildman–Crippen LogP) is 4.69. The van der Waals surface area contributed by atoms with Crippen LogP contribution >= 0.6 is 0 Å². The number of methoxy groups -OCH3 is 1. The van der Waals surface area contributed by atoms with Crippen molar-refractivity contribution in [2.45, 2.75) is 6.61 Å². The third-order valence-electron chi connectivity index (χ3n) is 4.35. The van der Waals surface area contributed by atoms with Crippen molar-refractivity contribution in [3.8, 4) is 29.0 Å². The number of para-hydroxylation sites is 2. The van der Waals surface area contributed by atoms with Crippen LogP contribution in [0.1, 0.15) is 11.1 Å². The SMILES string of the molecule is COc1cc(-c2nc3ccccc3[nH]2)ccc1OCc1ccccc1C#N. The maximum Gasteiger partial charge on any atom is 0.161 e. The lowest BCUT2D eigenvalue weighted by Gasteiger charge is -2.12. The summed E-state index contributed by atoms with van der Waals surface area (Å²) in [7, 11) is 1.60. The second-order valence-electron chi connectivity index (χ2n) is 6.03. The summed E-state index contributed by atoms with van der Waals surface area (Å²) in [5.74, 6) is 2.00. The first-order valence-corrected chi connectivity index (χ1v) is 8.52. The van der Waals surface area contributed by atoms with E-state index >= 15 is 0 Å². The quantitative estimate of drug-likeness (QED) is 0.564. The van der Waals surface area contributed by atoms with Gasteiger partial charge >= 0.3 is 0 Å². The number of fused-ring (bicyclic) bond motifs is 1. The average molecular weight is 355 g/mol. The molecule has 0 aliphatic heterocycles. The Morgan fingerprint density at radius 3 is 2.63 bits per heavy atom. The molecule has 132 valence electrons. The van der Waals surface area contributed by atoms with Gasteiger partial charge in [0.1, 0.15) is 12.4 Å². The summed E-state index contributed by atoms with van der Waals surface area (Å²) >= 11 is 0. The number of hydrogen-bond donors (Lipinski definition) is 1. The molecule has 0 amide bonds. The number of aromatic amines is 1. The Hall–Kier alpha value is -3.78. The first-order valence-electron chi connectivity index (χ1n) is 8.52. The topological polar surface area (TPSA) is 70.9 Å². The zero-order chi connectivity index (χ0) is 18.6. The van der Waals surface area contributed by atoms with Crippen LogP contribution in [-0.4, -0.2) is 17.1 Å². The molecule has 0 aliphatic carbocycles. The minimum Gasteiger partial charge on any atom is -0.493 e. The van der Waals surface area contributed by atoms with Gasteiger partial charge in [0.2, 0.25) is 0 Å². The summed E-state index contributed by atoms with van der Waals surface area (Å²) < 4.78 is 11.4. The van der Waals surface area contributed by atoms with Gasteiger partial charge in [-0.2, -0.15) is 5.26 Å². The van der Waals surface area contributed by atoms with E-state index in [4.69, 9.17) is 9.47 Å². The fraction of sp³-hybridized carbons (Fsp3) is 0.0909. The number of nitrogens with zero attached hydrogens (tertiary/aromatic N) is 2. The number of aromatic nitrogens is 2. The molecule has 0 fully saturated rings. The maximum atomic E-state index is 9.20. The van der Waals surface area contributed by atoms with Gasteiger partial charge in [-0.05, 0) is 36.4 Å². The van der Waals surface area contributed by atoms with Crippen LogP contribution in [0.5, 0.6) is 11.5 Å². The van der Waals surface area contributed by atoms with Crippen LogP contribution in [0.4, 0.5) is 0 Å². The third-order valence-corrected chi connectivity index (χ3v) is 4.35. The van der Waals surface area contributed by atoms with Gasteiger partial charge in [-0.3, -0.25) is 0 Å². The van der Waals surface area contributed by atoms with Crippen LogP contribution in [0.15, 0.2) is 66.7 Å². The lowest BCUT2D eigenvalue weighted by molar-refractivity contribution is 0.284. The molecule has 1 N–H and O–H groups in total. The van der Waals surface area contributed by atoms with Gasteiger partial charge < -0.3 is 14.5 Å². The Balaban J connectivity index is 1.60. The lowest BCUT2D eigenvalue weighted by Crippen LogP contribution is -2.00. The number of benzene rings is 3. The van der Waals surface area contributed by atoms with Crippen LogP contribution in [0, 0.1) is 11.3 Å². The summed E-state index contributed by atoms with van der Waals surface area (Å²) in [6.45, 7) is 0.296. The number of H-pyrrole nitrogens is 1. The van der Waals surface area contributed by atoms with Crippen LogP contribution in [-0.2, 0) is 6.61 Å². The highest BCUT2D eigenvalue weighted by molar-refractivity contribution is 5.79. The number of rotatable bonds is 5. The van der Waals surface area contributed by atoms with Crippen molar-refractivity contribution >= 4 is 11.0 Å². The molecule has 4 aromatic rings. The smallest absolute Gasteiger partial charge is 0.161 e. The molecule has 4 rings (SSSR count). The molecule has 0 radical (unpaired) electrons. The minimum absolute atomic E-state index is 0.296. The molecule has 0 aliphatic rings. The van der Waals surface area contributed by atoms with E-state index in [1.54, 1.807) is 13.2 Å². The Labute approximate surface area is 156 Å². The molecule has 0 saturated carbocycles. The summed E-state index contributed by atoms with van der Waals surface area (Å²) in [6, 6.07) is 23.2. The molecule has 5 nitrogen and oxygen atoms in total. The van der Waals surface area contributed by atoms with E-state index in [0.717, 1.165) is 28.0 Å². The fourth-order valence-electron chi connectivity index (χ4n) is 2.93. The maximum absolute atomic E-state index is 9.20. The molecule has 0 atom stereocenters. The molecule has 0 unspecified atom stereocenters. The van der Waals surface area contributed by atoms with Crippen molar-refractivity contribution in [2.75, 3.05) is 7.11 Å². The van der Waals surface area contributed by atoms with E-state index in [9.17, 15) is 5.26 Å². The van der Waals surface area contributed by atoms with Gasteiger partial charge in [0, 0.05) is 11.1 Å². The predicted molar refractivity (Wildman–Crippen MR) is 104 cm³/mol. The van der Waals surface area contributed by atoms with Crippen molar-refractivity contribution in [3.63, 3.8) is 0 Å². The van der Waals surface area contributed by atoms with Crippen molar-refractivity contribution < 1.29 is 9.47 Å².